The number of halogens is 2. The summed E-state index contributed by atoms with van der Waals surface area (Å²) in [6, 6.07) is 19.6. The highest BCUT2D eigenvalue weighted by Crippen LogP contribution is 2.38. The molecule has 0 radical (unpaired) electrons. The van der Waals surface area contributed by atoms with E-state index in [1.807, 2.05) is 45.7 Å². The number of carbonyl (C=O) groups excluding carboxylic acids is 1. The minimum Gasteiger partial charge on any atom is -0.506 e. The first-order valence-electron chi connectivity index (χ1n) is 17.7. The van der Waals surface area contributed by atoms with Crippen molar-refractivity contribution in [2.45, 2.75) is 69.0 Å². The van der Waals surface area contributed by atoms with E-state index in [0.29, 0.717) is 45.4 Å². The Labute approximate surface area is 327 Å². The maximum absolute atomic E-state index is 13.4. The van der Waals surface area contributed by atoms with E-state index < -0.39 is 17.7 Å². The van der Waals surface area contributed by atoms with E-state index in [1.54, 1.807) is 24.3 Å². The fourth-order valence-electron chi connectivity index (χ4n) is 7.24. The molecule has 11 nitrogen and oxygen atoms in total. The zero-order valence-electron chi connectivity index (χ0n) is 30.0. The number of aliphatic hydroxyl groups excluding tert-OH is 1. The Bertz CT molecular complexity index is 2270. The number of aliphatic hydroxyl groups is 2. The summed E-state index contributed by atoms with van der Waals surface area (Å²) in [4.78, 5) is 44.2. The molecule has 0 bridgehead atoms. The Hall–Kier alpha value is -4.29. The van der Waals surface area contributed by atoms with Gasteiger partial charge in [-0.3, -0.25) is 23.6 Å². The second-order valence-electron chi connectivity index (χ2n) is 13.6. The molecule has 1 aliphatic rings. The topological polar surface area (TPSA) is 157 Å². The Kier molecular flexibility index (Phi) is 13.8. The van der Waals surface area contributed by atoms with Gasteiger partial charge in [0.1, 0.15) is 11.9 Å². The number of pyridine rings is 1. The number of aromatic hydroxyl groups is 1. The second-order valence-corrected chi connectivity index (χ2v) is 16.5. The molecular formula is C39H44F2N4O7S3. The number of benzene rings is 2. The number of nitrogens with zero attached hydrogens (tertiary/aromatic N) is 2. The molecule has 1 aliphatic carbocycles. The smallest absolute Gasteiger partial charge is 0.349 e. The number of phenols is 1. The molecule has 1 atom stereocenters. The number of aryl methyl sites for hydroxylation is 1. The maximum atomic E-state index is 13.4. The molecule has 0 amide bonds. The Morgan fingerprint density at radius 1 is 1.02 bits per heavy atom. The van der Waals surface area contributed by atoms with E-state index in [9.17, 15) is 29.7 Å². The van der Waals surface area contributed by atoms with Crippen molar-refractivity contribution in [2.24, 2.45) is 0 Å². The van der Waals surface area contributed by atoms with Gasteiger partial charge >= 0.3 is 10.8 Å². The lowest BCUT2D eigenvalue weighted by Crippen LogP contribution is -2.42. The molecule has 0 aliphatic heterocycles. The van der Waals surface area contributed by atoms with E-state index in [0.717, 1.165) is 54.4 Å². The molecular weight excluding hydrogens is 771 g/mol. The normalized spacial score (nSPS) is 16.5. The Morgan fingerprint density at radius 2 is 1.73 bits per heavy atom. The number of thiophene rings is 2. The summed E-state index contributed by atoms with van der Waals surface area (Å²) >= 11 is 3.91. The quantitative estimate of drug-likeness (QED) is 0.0836. The highest BCUT2D eigenvalue weighted by atomic mass is 32.1. The molecule has 1 fully saturated rings. The van der Waals surface area contributed by atoms with Crippen molar-refractivity contribution in [3.05, 3.63) is 118 Å². The first-order valence-corrected chi connectivity index (χ1v) is 20.3. The zero-order chi connectivity index (χ0) is 37.1. The number of esters is 1. The van der Waals surface area contributed by atoms with Crippen LogP contribution >= 0.6 is 34.0 Å². The molecule has 294 valence electrons. The molecule has 6 aromatic rings. The fraction of sp³-hybridized carbons (Fsp3) is 0.359. The van der Waals surface area contributed by atoms with Gasteiger partial charge in [-0.15, -0.1) is 22.7 Å². The number of H-pyrrole nitrogens is 1. The number of aromatic nitrogens is 2. The number of hydrogen-bond donors (Lipinski definition) is 5. The van der Waals surface area contributed by atoms with Crippen LogP contribution in [0.25, 0.3) is 21.1 Å². The third-order valence-corrected chi connectivity index (χ3v) is 13.0. The number of hydrogen-bond acceptors (Lipinski definition) is 12. The molecule has 0 unspecified atom stereocenters. The van der Waals surface area contributed by atoms with Crippen LogP contribution in [0.5, 0.6) is 5.75 Å². The summed E-state index contributed by atoms with van der Waals surface area (Å²) in [5.41, 5.74) is 0.663. The second kappa shape index (κ2) is 18.1. The number of ether oxygens (including phenoxy) is 1. The Morgan fingerprint density at radius 3 is 2.40 bits per heavy atom. The van der Waals surface area contributed by atoms with E-state index >= 15 is 0 Å². The number of carbonyl (C=O) groups is 1. The van der Waals surface area contributed by atoms with Crippen molar-refractivity contribution >= 4 is 61.1 Å². The summed E-state index contributed by atoms with van der Waals surface area (Å²) in [6.45, 7) is 2.17. The van der Waals surface area contributed by atoms with Crippen LogP contribution in [0, 0.1) is 0 Å². The van der Waals surface area contributed by atoms with Gasteiger partial charge in [0.05, 0.1) is 31.6 Å². The number of aromatic amines is 1. The van der Waals surface area contributed by atoms with Gasteiger partial charge in [0.25, 0.3) is 0 Å². The van der Waals surface area contributed by atoms with Gasteiger partial charge in [0.15, 0.2) is 0 Å². The summed E-state index contributed by atoms with van der Waals surface area (Å²) in [6.07, 6.45) is 2.92. The molecule has 16 heteroatoms. The third-order valence-electron chi connectivity index (χ3n) is 10.1. The third kappa shape index (κ3) is 8.91. The molecule has 55 heavy (non-hydrogen) atoms. The van der Waals surface area contributed by atoms with Crippen molar-refractivity contribution in [1.82, 2.24) is 19.8 Å². The monoisotopic (exact) mass is 814 g/mol. The molecule has 0 saturated heterocycles. The van der Waals surface area contributed by atoms with Crippen molar-refractivity contribution < 1.29 is 34.3 Å². The highest BCUT2D eigenvalue weighted by Gasteiger charge is 2.45. The van der Waals surface area contributed by atoms with Crippen molar-refractivity contribution in [3.8, 4) is 5.75 Å². The van der Waals surface area contributed by atoms with Gasteiger partial charge in [-0.1, -0.05) is 35.6 Å². The Balaban J connectivity index is 0.00000290. The first kappa shape index (κ1) is 41.9. The minimum atomic E-state index is -1.79. The minimum absolute atomic E-state index is 0. The average Bonchev–Trinajstić information content (AvgIpc) is 3.95. The lowest BCUT2D eigenvalue weighted by molar-refractivity contribution is -0.169. The van der Waals surface area contributed by atoms with Crippen LogP contribution in [0.3, 0.4) is 0 Å². The van der Waals surface area contributed by atoms with Gasteiger partial charge in [-0.25, -0.2) is 4.79 Å². The number of nitrogens with one attached hydrogen (secondary N) is 2. The fourth-order valence-corrected chi connectivity index (χ4v) is 9.93. The van der Waals surface area contributed by atoms with Crippen LogP contribution in [-0.4, -0.2) is 68.0 Å². The number of phenolic OH excluding ortho intramolecular Hbond substituents is 1. The predicted molar refractivity (Wildman–Crippen MR) is 215 cm³/mol. The number of thiazole rings is 1. The summed E-state index contributed by atoms with van der Waals surface area (Å²) in [5.74, 6) is -0.669. The zero-order valence-corrected chi connectivity index (χ0v) is 32.5. The highest BCUT2D eigenvalue weighted by molar-refractivity contribution is 7.16. The molecule has 5 N–H and O–H groups in total. The van der Waals surface area contributed by atoms with Crippen molar-refractivity contribution in [2.75, 3.05) is 20.1 Å². The number of fused-ring (bicyclic) bond motifs is 2. The maximum Gasteiger partial charge on any atom is 0.349 e. The van der Waals surface area contributed by atoms with Crippen molar-refractivity contribution in [1.29, 1.82) is 0 Å². The molecule has 0 spiro atoms. The summed E-state index contributed by atoms with van der Waals surface area (Å²) in [7, 11) is 2.11. The molecule has 4 heterocycles. The van der Waals surface area contributed by atoms with Crippen LogP contribution in [0.15, 0.2) is 87.1 Å². The van der Waals surface area contributed by atoms with Crippen molar-refractivity contribution in [3.63, 3.8) is 0 Å². The largest absolute Gasteiger partial charge is 0.506 e. The van der Waals surface area contributed by atoms with Gasteiger partial charge in [-0.05, 0) is 104 Å². The summed E-state index contributed by atoms with van der Waals surface area (Å²) in [5, 5.41) is 40.2. The number of rotatable bonds is 14. The molecule has 1 saturated carbocycles. The van der Waals surface area contributed by atoms with Gasteiger partial charge in [0.2, 0.25) is 11.2 Å². The summed E-state index contributed by atoms with van der Waals surface area (Å²) < 4.78 is 8.69. The molecule has 7 rings (SSSR count). The SMILES string of the molecule is CN(CCCn1c(=O)sc2cc(CNC[C@@H](O)c3ccc(O)c4[nH]c(=O)ccc34)ccc21)C1CCC(OC(=O)C(O)(c2cccs2)c2cccs2)CC1.F.F. The lowest BCUT2D eigenvalue weighted by atomic mass is 9.91. The van der Waals surface area contributed by atoms with Gasteiger partial charge in [0, 0.05) is 37.1 Å². The van der Waals surface area contributed by atoms with Crippen LogP contribution in [-0.2, 0) is 28.2 Å². The van der Waals surface area contributed by atoms with Crippen LogP contribution in [0.1, 0.15) is 59.1 Å². The van der Waals surface area contributed by atoms with Crippen LogP contribution in [0.2, 0.25) is 0 Å². The molecule has 4 aromatic heterocycles. The van der Waals surface area contributed by atoms with E-state index in [1.165, 1.54) is 46.1 Å². The van der Waals surface area contributed by atoms with E-state index in [2.05, 4.69) is 22.2 Å². The van der Waals surface area contributed by atoms with Gasteiger partial charge < -0.3 is 35.3 Å². The standard InChI is InChI=1S/C39H42N4O7S3.2FH/c1-42(25-8-10-26(11-9-25)50-37(47)39(49,33-5-2-19-51-33)34-6-3-20-52-34)17-4-18-43-29-14-7-24(21-32(29)53-38(43)48)22-40-23-31(45)27-12-15-30(44)36-28(27)13-16-35(46)41-36;;/h2-3,5-7,12-16,19-21,25-26,31,40,44-45,49H,4,8-11,17-18,22-23H2,1H3,(H,41,46);2*1H/t25?,26?,31-;;/m1../s1. The first-order chi connectivity index (χ1) is 25.6. The lowest BCUT2D eigenvalue weighted by Gasteiger charge is -2.35. The predicted octanol–water partition coefficient (Wildman–Crippen LogP) is 5.97. The molecule has 2 aromatic carbocycles. The van der Waals surface area contributed by atoms with E-state index in [-0.39, 0.29) is 38.2 Å². The van der Waals surface area contributed by atoms with Gasteiger partial charge in [-0.2, -0.15) is 0 Å². The van der Waals surface area contributed by atoms with Crippen LogP contribution < -0.4 is 15.7 Å². The van der Waals surface area contributed by atoms with E-state index in [4.69, 9.17) is 4.74 Å². The van der Waals surface area contributed by atoms with Crippen LogP contribution in [0.4, 0.5) is 9.41 Å². The average molecular weight is 815 g/mol.